The molecule has 0 unspecified atom stereocenters. The van der Waals surface area contributed by atoms with Gasteiger partial charge in [-0.2, -0.15) is 10.2 Å². The van der Waals surface area contributed by atoms with Gasteiger partial charge in [0.1, 0.15) is 0 Å². The van der Waals surface area contributed by atoms with E-state index in [-0.39, 0.29) is 0 Å². The first-order valence-electron chi connectivity index (χ1n) is 5.35. The Kier molecular flexibility index (Phi) is 6.75. The molecule has 0 spiro atoms. The van der Waals surface area contributed by atoms with Gasteiger partial charge in [-0.15, -0.1) is 0 Å². The van der Waals surface area contributed by atoms with Crippen LogP contribution in [0.25, 0.3) is 0 Å². The Bertz CT molecular complexity index is 217. The molecule has 0 aromatic heterocycles. The van der Waals surface area contributed by atoms with Crippen LogP contribution in [0.2, 0.25) is 0 Å². The van der Waals surface area contributed by atoms with E-state index >= 15 is 0 Å². The van der Waals surface area contributed by atoms with Gasteiger partial charge in [0.2, 0.25) is 0 Å². The maximum atomic E-state index is 4.45. The van der Waals surface area contributed by atoms with Crippen molar-refractivity contribution in [2.24, 2.45) is 16.1 Å². The smallest absolute Gasteiger partial charge is 0.0437 e. The average molecular weight is 212 g/mol. The molecule has 15 heavy (non-hydrogen) atoms. The molecule has 0 aliphatic rings. The van der Waals surface area contributed by atoms with Crippen molar-refractivity contribution in [2.45, 2.75) is 26.7 Å². The molecule has 0 saturated carbocycles. The fraction of sp³-hybridized carbons (Fsp3) is 0.818. The zero-order chi connectivity index (χ0) is 11.8. The van der Waals surface area contributed by atoms with Gasteiger partial charge in [-0.25, -0.2) is 0 Å². The molecule has 88 valence electrons. The van der Waals surface area contributed by atoms with Gasteiger partial charge in [-0.1, -0.05) is 13.8 Å². The first-order chi connectivity index (χ1) is 6.91. The topological polar surface area (TPSA) is 31.2 Å². The lowest BCUT2D eigenvalue weighted by molar-refractivity contribution is 0.432. The maximum Gasteiger partial charge on any atom is 0.0437 e. The highest BCUT2D eigenvalue weighted by atomic mass is 15.4. The Hall–Kier alpha value is -1.06. The number of nitrogens with zero attached hydrogens (tertiary/aromatic N) is 4. The van der Waals surface area contributed by atoms with Gasteiger partial charge in [-0.05, 0) is 12.3 Å². The lowest BCUT2D eigenvalue weighted by Crippen LogP contribution is -2.12. The van der Waals surface area contributed by atoms with Crippen LogP contribution in [-0.2, 0) is 0 Å². The summed E-state index contributed by atoms with van der Waals surface area (Å²) in [6.07, 6.45) is 3.76. The number of rotatable bonds is 6. The number of hydrogen-bond donors (Lipinski definition) is 0. The van der Waals surface area contributed by atoms with Gasteiger partial charge in [0, 0.05) is 46.5 Å². The van der Waals surface area contributed by atoms with Crippen molar-refractivity contribution in [3.8, 4) is 0 Å². The van der Waals surface area contributed by atoms with Crippen LogP contribution in [0.1, 0.15) is 26.7 Å². The Morgan fingerprint density at radius 2 is 1.73 bits per heavy atom. The fourth-order valence-electron chi connectivity index (χ4n) is 1.23. The molecule has 0 bridgehead atoms. The average Bonchev–Trinajstić information content (AvgIpc) is 2.00. The second-order valence-corrected chi connectivity index (χ2v) is 4.46. The van der Waals surface area contributed by atoms with Crippen LogP contribution in [0.4, 0.5) is 0 Å². The van der Waals surface area contributed by atoms with E-state index in [1.165, 1.54) is 5.71 Å². The van der Waals surface area contributed by atoms with Crippen LogP contribution >= 0.6 is 0 Å². The van der Waals surface area contributed by atoms with E-state index in [2.05, 4.69) is 24.1 Å². The van der Waals surface area contributed by atoms with Crippen LogP contribution in [0.5, 0.6) is 0 Å². The van der Waals surface area contributed by atoms with Crippen LogP contribution in [0, 0.1) is 5.92 Å². The summed E-state index contributed by atoms with van der Waals surface area (Å²) >= 11 is 0. The van der Waals surface area contributed by atoms with Crippen molar-refractivity contribution in [2.75, 3.05) is 28.2 Å². The van der Waals surface area contributed by atoms with Gasteiger partial charge in [0.05, 0.1) is 0 Å². The largest absolute Gasteiger partial charge is 0.303 e. The van der Waals surface area contributed by atoms with E-state index < -0.39 is 0 Å². The Labute approximate surface area is 93.6 Å². The van der Waals surface area contributed by atoms with Crippen LogP contribution < -0.4 is 0 Å². The molecule has 4 nitrogen and oxygen atoms in total. The highest BCUT2D eigenvalue weighted by Gasteiger charge is 2.02. The van der Waals surface area contributed by atoms with Gasteiger partial charge < -0.3 is 10.0 Å². The van der Waals surface area contributed by atoms with Gasteiger partial charge in [0.15, 0.2) is 0 Å². The standard InChI is InChI=1S/C11H24N4/c1-10(2)9-11(13-15(5)6)7-8-12-14(3)4/h8,10H,7,9H2,1-6H3/b12-8+,13-11-. The summed E-state index contributed by atoms with van der Waals surface area (Å²) in [7, 11) is 7.73. The normalized spacial score (nSPS) is 12.6. The molecule has 0 aliphatic carbocycles. The van der Waals surface area contributed by atoms with E-state index in [0.29, 0.717) is 5.92 Å². The summed E-state index contributed by atoms with van der Waals surface area (Å²) in [5, 5.41) is 12.3. The minimum atomic E-state index is 0.636. The molecule has 0 aromatic carbocycles. The summed E-state index contributed by atoms with van der Waals surface area (Å²) in [5.74, 6) is 0.636. The lowest BCUT2D eigenvalue weighted by atomic mass is 10.1. The molecule has 0 heterocycles. The summed E-state index contributed by atoms with van der Waals surface area (Å²) in [6.45, 7) is 4.41. The van der Waals surface area contributed by atoms with E-state index in [4.69, 9.17) is 0 Å². The lowest BCUT2D eigenvalue weighted by Gasteiger charge is -2.11. The van der Waals surface area contributed by atoms with Crippen LogP contribution in [0.3, 0.4) is 0 Å². The molecular weight excluding hydrogens is 188 g/mol. The van der Waals surface area contributed by atoms with Gasteiger partial charge in [-0.3, -0.25) is 0 Å². The molecule has 0 aliphatic heterocycles. The van der Waals surface area contributed by atoms with Crippen molar-refractivity contribution in [1.29, 1.82) is 0 Å². The number of hydrogen-bond acceptors (Lipinski definition) is 4. The third-order valence-corrected chi connectivity index (χ3v) is 1.62. The molecule has 4 heteroatoms. The first-order valence-corrected chi connectivity index (χ1v) is 5.35. The predicted molar refractivity (Wildman–Crippen MR) is 67.4 cm³/mol. The van der Waals surface area contributed by atoms with Crippen molar-refractivity contribution < 1.29 is 0 Å². The van der Waals surface area contributed by atoms with Gasteiger partial charge >= 0.3 is 0 Å². The molecule has 0 N–H and O–H groups in total. The first kappa shape index (κ1) is 13.9. The van der Waals surface area contributed by atoms with Gasteiger partial charge in [0.25, 0.3) is 0 Å². The zero-order valence-electron chi connectivity index (χ0n) is 10.9. The number of hydrazone groups is 2. The van der Waals surface area contributed by atoms with Crippen molar-refractivity contribution in [1.82, 2.24) is 10.0 Å². The highest BCUT2D eigenvalue weighted by molar-refractivity contribution is 5.95. The molecule has 0 aromatic rings. The van der Waals surface area contributed by atoms with E-state index in [0.717, 1.165) is 12.8 Å². The minimum Gasteiger partial charge on any atom is -0.303 e. The highest BCUT2D eigenvalue weighted by Crippen LogP contribution is 2.04. The van der Waals surface area contributed by atoms with E-state index in [1.807, 2.05) is 39.4 Å². The second kappa shape index (κ2) is 7.26. The predicted octanol–water partition coefficient (Wildman–Crippen LogP) is 1.89. The molecule has 0 saturated heterocycles. The summed E-state index contributed by atoms with van der Waals surface area (Å²) in [6, 6.07) is 0. The van der Waals surface area contributed by atoms with Crippen molar-refractivity contribution in [3.63, 3.8) is 0 Å². The monoisotopic (exact) mass is 212 g/mol. The van der Waals surface area contributed by atoms with E-state index in [1.54, 1.807) is 5.01 Å². The SMILES string of the molecule is CC(C)C/C(C/C=N/N(C)C)=N\N(C)C. The zero-order valence-corrected chi connectivity index (χ0v) is 10.9. The second-order valence-electron chi connectivity index (χ2n) is 4.46. The molecule has 0 radical (unpaired) electrons. The summed E-state index contributed by atoms with van der Waals surface area (Å²) in [4.78, 5) is 0. The summed E-state index contributed by atoms with van der Waals surface area (Å²) in [5.41, 5.74) is 1.18. The Morgan fingerprint density at radius 3 is 2.13 bits per heavy atom. The molecule has 0 atom stereocenters. The molecule has 0 rings (SSSR count). The summed E-state index contributed by atoms with van der Waals surface area (Å²) < 4.78 is 0. The molecule has 0 amide bonds. The maximum absolute atomic E-state index is 4.45. The third-order valence-electron chi connectivity index (χ3n) is 1.62. The van der Waals surface area contributed by atoms with Crippen molar-refractivity contribution in [3.05, 3.63) is 0 Å². The minimum absolute atomic E-state index is 0.636. The van der Waals surface area contributed by atoms with E-state index in [9.17, 15) is 0 Å². The van der Waals surface area contributed by atoms with Crippen molar-refractivity contribution >= 4 is 11.9 Å². The Morgan fingerprint density at radius 1 is 1.13 bits per heavy atom. The third kappa shape index (κ3) is 9.25. The van der Waals surface area contributed by atoms with Crippen LogP contribution in [-0.4, -0.2) is 50.1 Å². The molecular formula is C11H24N4. The fourth-order valence-corrected chi connectivity index (χ4v) is 1.23. The quantitative estimate of drug-likeness (QED) is 0.497. The Balaban J connectivity index is 4.26. The van der Waals surface area contributed by atoms with Crippen LogP contribution in [0.15, 0.2) is 10.2 Å². The molecule has 0 fully saturated rings.